The monoisotopic (exact) mass is 402 g/mol. The molecule has 2 aromatic heterocycles. The van der Waals surface area contributed by atoms with Crippen LogP contribution in [0, 0.1) is 0 Å². The summed E-state index contributed by atoms with van der Waals surface area (Å²) >= 11 is 3.12. The molecule has 8 heteroatoms. The molecule has 0 aliphatic carbocycles. The highest BCUT2D eigenvalue weighted by Gasteiger charge is 2.11. The van der Waals surface area contributed by atoms with Crippen molar-refractivity contribution in [3.8, 4) is 11.3 Å². The van der Waals surface area contributed by atoms with Crippen molar-refractivity contribution in [3.63, 3.8) is 0 Å². The first kappa shape index (κ1) is 17.0. The Morgan fingerprint density at radius 3 is 2.52 bits per heavy atom. The number of hydrogen-bond acceptors (Lipinski definition) is 4. The molecule has 0 radical (unpaired) electrons. The number of H-pyrrole nitrogens is 1. The Kier molecular flexibility index (Phi) is 5.30. The van der Waals surface area contributed by atoms with Gasteiger partial charge >= 0.3 is 0 Å². The Hall–Kier alpha value is -2.87. The Morgan fingerprint density at radius 1 is 1.08 bits per heavy atom. The van der Waals surface area contributed by atoms with Gasteiger partial charge in [-0.25, -0.2) is 0 Å². The average Bonchev–Trinajstić information content (AvgIpc) is 3.30. The molecule has 128 valence electrons. The highest BCUT2D eigenvalue weighted by molar-refractivity contribution is 9.10. The predicted octanol–water partition coefficient (Wildman–Crippen LogP) is 2.48. The van der Waals surface area contributed by atoms with Crippen LogP contribution in [0.25, 0.3) is 11.3 Å². The Bertz CT molecular complexity index is 856. The van der Waals surface area contributed by atoms with Crippen molar-refractivity contribution in [2.45, 2.75) is 6.54 Å². The first-order chi connectivity index (χ1) is 12.1. The highest BCUT2D eigenvalue weighted by atomic mass is 79.9. The summed E-state index contributed by atoms with van der Waals surface area (Å²) in [5.74, 6) is -0.574. The summed E-state index contributed by atoms with van der Waals surface area (Å²) in [5, 5.41) is 12.1. The van der Waals surface area contributed by atoms with E-state index in [-0.39, 0.29) is 18.2 Å². The fourth-order valence-electron chi connectivity index (χ4n) is 2.17. The molecular weight excluding hydrogens is 388 g/mol. The van der Waals surface area contributed by atoms with Gasteiger partial charge in [0.15, 0.2) is 10.4 Å². The molecule has 0 atom stereocenters. The normalized spacial score (nSPS) is 10.4. The third-order valence-electron chi connectivity index (χ3n) is 3.46. The topological polar surface area (TPSA) is 100 Å². The van der Waals surface area contributed by atoms with E-state index in [4.69, 9.17) is 4.42 Å². The zero-order chi connectivity index (χ0) is 17.6. The molecule has 0 fully saturated rings. The van der Waals surface area contributed by atoms with Crippen LogP contribution >= 0.6 is 15.9 Å². The summed E-state index contributed by atoms with van der Waals surface area (Å²) in [6, 6.07) is 12.8. The van der Waals surface area contributed by atoms with Gasteiger partial charge in [-0.05, 0) is 45.3 Å². The number of amides is 2. The second-order valence-electron chi connectivity index (χ2n) is 5.23. The largest absolute Gasteiger partial charge is 0.444 e. The number of aromatic amines is 1. The number of carbonyl (C=O) groups is 2. The van der Waals surface area contributed by atoms with E-state index in [9.17, 15) is 9.59 Å². The van der Waals surface area contributed by atoms with Crippen LogP contribution in [-0.4, -0.2) is 28.6 Å². The van der Waals surface area contributed by atoms with Gasteiger partial charge in [-0.2, -0.15) is 5.10 Å². The zero-order valence-electron chi connectivity index (χ0n) is 13.1. The van der Waals surface area contributed by atoms with Crippen LogP contribution in [0.1, 0.15) is 16.1 Å². The van der Waals surface area contributed by atoms with E-state index >= 15 is 0 Å². The molecule has 2 heterocycles. The minimum atomic E-state index is -0.440. The number of benzene rings is 1. The van der Waals surface area contributed by atoms with Crippen molar-refractivity contribution < 1.29 is 14.0 Å². The summed E-state index contributed by atoms with van der Waals surface area (Å²) in [6.07, 6.45) is 1.69. The number of nitrogens with zero attached hydrogens (tertiary/aromatic N) is 1. The standard InChI is InChI=1S/C17H15BrN4O3/c18-15-6-5-14(25-15)17(24)20-10-16(23)19-9-11-1-3-12(4-2-11)13-7-8-21-22-13/h1-8H,9-10H2,(H,19,23)(H,20,24)(H,21,22). The molecule has 0 unspecified atom stereocenters. The molecule has 3 N–H and O–H groups in total. The van der Waals surface area contributed by atoms with E-state index in [0.29, 0.717) is 11.2 Å². The number of carbonyl (C=O) groups excluding carboxylic acids is 2. The number of furan rings is 1. The Labute approximate surface area is 151 Å². The minimum Gasteiger partial charge on any atom is -0.444 e. The Balaban J connectivity index is 1.45. The van der Waals surface area contributed by atoms with E-state index in [1.54, 1.807) is 12.3 Å². The maximum Gasteiger partial charge on any atom is 0.287 e. The van der Waals surface area contributed by atoms with Crippen molar-refractivity contribution >= 4 is 27.7 Å². The van der Waals surface area contributed by atoms with Crippen LogP contribution in [0.5, 0.6) is 0 Å². The maximum absolute atomic E-state index is 11.8. The summed E-state index contributed by atoms with van der Waals surface area (Å²) in [7, 11) is 0. The molecule has 2 amide bonds. The predicted molar refractivity (Wildman–Crippen MR) is 94.6 cm³/mol. The number of rotatable bonds is 6. The summed E-state index contributed by atoms with van der Waals surface area (Å²) in [6.45, 7) is 0.258. The van der Waals surface area contributed by atoms with Gasteiger partial charge in [0.2, 0.25) is 5.91 Å². The van der Waals surface area contributed by atoms with E-state index in [2.05, 4.69) is 36.8 Å². The molecule has 0 spiro atoms. The van der Waals surface area contributed by atoms with Crippen molar-refractivity contribution in [3.05, 3.63) is 64.7 Å². The van der Waals surface area contributed by atoms with E-state index in [0.717, 1.165) is 16.8 Å². The third-order valence-corrected chi connectivity index (χ3v) is 3.89. The van der Waals surface area contributed by atoms with Gasteiger partial charge in [0.25, 0.3) is 5.91 Å². The van der Waals surface area contributed by atoms with Crippen molar-refractivity contribution in [2.75, 3.05) is 6.54 Å². The lowest BCUT2D eigenvalue weighted by molar-refractivity contribution is -0.120. The van der Waals surface area contributed by atoms with Gasteiger partial charge in [0.1, 0.15) is 0 Å². The molecule has 0 saturated carbocycles. The fourth-order valence-corrected chi connectivity index (χ4v) is 2.47. The SMILES string of the molecule is O=C(CNC(=O)c1ccc(Br)o1)NCc1ccc(-c2ccn[nH]2)cc1. The maximum atomic E-state index is 11.8. The van der Waals surface area contributed by atoms with Crippen LogP contribution < -0.4 is 10.6 Å². The quantitative estimate of drug-likeness (QED) is 0.589. The number of halogens is 1. The molecule has 3 rings (SSSR count). The van der Waals surface area contributed by atoms with E-state index < -0.39 is 5.91 Å². The van der Waals surface area contributed by atoms with Gasteiger partial charge < -0.3 is 15.1 Å². The van der Waals surface area contributed by atoms with Crippen molar-refractivity contribution in [1.82, 2.24) is 20.8 Å². The lowest BCUT2D eigenvalue weighted by atomic mass is 10.1. The summed E-state index contributed by atoms with van der Waals surface area (Å²) in [5.41, 5.74) is 2.91. The van der Waals surface area contributed by atoms with Gasteiger partial charge in [-0.15, -0.1) is 0 Å². The molecule has 0 bridgehead atoms. The average molecular weight is 403 g/mol. The lowest BCUT2D eigenvalue weighted by Crippen LogP contribution is -2.36. The van der Waals surface area contributed by atoms with Crippen LogP contribution in [0.2, 0.25) is 0 Å². The molecule has 0 saturated heterocycles. The minimum absolute atomic E-state index is 0.122. The summed E-state index contributed by atoms with van der Waals surface area (Å²) < 4.78 is 5.57. The van der Waals surface area contributed by atoms with Crippen LogP contribution in [0.15, 0.2) is 57.7 Å². The fraction of sp³-hybridized carbons (Fsp3) is 0.118. The number of aromatic nitrogens is 2. The molecular formula is C17H15BrN4O3. The number of nitrogens with one attached hydrogen (secondary N) is 3. The van der Waals surface area contributed by atoms with Gasteiger partial charge in [0.05, 0.1) is 12.2 Å². The highest BCUT2D eigenvalue weighted by Crippen LogP contribution is 2.16. The molecule has 7 nitrogen and oxygen atoms in total. The molecule has 0 aliphatic heterocycles. The van der Waals surface area contributed by atoms with Gasteiger partial charge in [-0.1, -0.05) is 24.3 Å². The molecule has 0 aliphatic rings. The second kappa shape index (κ2) is 7.80. The number of hydrogen-bond donors (Lipinski definition) is 3. The first-order valence-corrected chi connectivity index (χ1v) is 8.30. The van der Waals surface area contributed by atoms with Crippen LogP contribution in [-0.2, 0) is 11.3 Å². The lowest BCUT2D eigenvalue weighted by Gasteiger charge is -2.07. The third kappa shape index (κ3) is 4.57. The Morgan fingerprint density at radius 2 is 1.88 bits per heavy atom. The van der Waals surface area contributed by atoms with Gasteiger partial charge in [0, 0.05) is 12.7 Å². The second-order valence-corrected chi connectivity index (χ2v) is 6.01. The van der Waals surface area contributed by atoms with Crippen molar-refractivity contribution in [2.24, 2.45) is 0 Å². The molecule has 25 heavy (non-hydrogen) atoms. The van der Waals surface area contributed by atoms with Crippen LogP contribution in [0.3, 0.4) is 0 Å². The van der Waals surface area contributed by atoms with Crippen LogP contribution in [0.4, 0.5) is 0 Å². The van der Waals surface area contributed by atoms with E-state index in [1.165, 1.54) is 6.07 Å². The first-order valence-electron chi connectivity index (χ1n) is 7.51. The summed E-state index contributed by atoms with van der Waals surface area (Å²) in [4.78, 5) is 23.6. The molecule has 1 aromatic carbocycles. The van der Waals surface area contributed by atoms with Crippen molar-refractivity contribution in [1.29, 1.82) is 0 Å². The van der Waals surface area contributed by atoms with E-state index in [1.807, 2.05) is 30.3 Å². The zero-order valence-corrected chi connectivity index (χ0v) is 14.7. The molecule has 3 aromatic rings. The van der Waals surface area contributed by atoms with Gasteiger partial charge in [-0.3, -0.25) is 14.7 Å². The smallest absolute Gasteiger partial charge is 0.287 e.